The second-order valence-electron chi connectivity index (χ2n) is 8.10. The summed E-state index contributed by atoms with van der Waals surface area (Å²) in [7, 11) is 0. The van der Waals surface area contributed by atoms with Crippen LogP contribution in [0.25, 0.3) is 0 Å². The zero-order valence-electron chi connectivity index (χ0n) is 17.7. The molecule has 7 nitrogen and oxygen atoms in total. The number of nitrogens with zero attached hydrogens (tertiary/aromatic N) is 3. The van der Waals surface area contributed by atoms with Gasteiger partial charge in [-0.05, 0) is 48.7 Å². The highest BCUT2D eigenvalue weighted by atomic mass is 35.5. The summed E-state index contributed by atoms with van der Waals surface area (Å²) >= 11 is 5.97. The number of rotatable bonds is 6. The van der Waals surface area contributed by atoms with Gasteiger partial charge in [-0.25, -0.2) is 9.18 Å². The van der Waals surface area contributed by atoms with Gasteiger partial charge in [-0.3, -0.25) is 4.98 Å². The van der Waals surface area contributed by atoms with E-state index < -0.39 is 29.1 Å². The zero-order chi connectivity index (χ0) is 24.3. The number of nitrogens with one attached hydrogen (secondary N) is 2. The van der Waals surface area contributed by atoms with Crippen molar-refractivity contribution in [2.24, 2.45) is 0 Å². The quantitative estimate of drug-likeness (QED) is 0.467. The van der Waals surface area contributed by atoms with E-state index in [4.69, 9.17) is 16.1 Å². The summed E-state index contributed by atoms with van der Waals surface area (Å²) in [6.07, 6.45) is 0.701. The van der Waals surface area contributed by atoms with Crippen molar-refractivity contribution < 1.29 is 26.9 Å². The molecule has 1 saturated carbocycles. The number of halogens is 5. The third-order valence-electron chi connectivity index (χ3n) is 5.73. The van der Waals surface area contributed by atoms with Gasteiger partial charge >= 0.3 is 12.2 Å². The van der Waals surface area contributed by atoms with Gasteiger partial charge < -0.3 is 15.2 Å². The molecule has 0 aliphatic heterocycles. The molecular weight excluding hydrogens is 478 g/mol. The van der Waals surface area contributed by atoms with Crippen molar-refractivity contribution in [1.29, 1.82) is 0 Å². The molecule has 1 atom stereocenters. The summed E-state index contributed by atoms with van der Waals surface area (Å²) in [5, 5.41) is 9.60. The van der Waals surface area contributed by atoms with E-state index in [9.17, 15) is 22.4 Å². The van der Waals surface area contributed by atoms with Gasteiger partial charge in [0.2, 0.25) is 6.39 Å². The van der Waals surface area contributed by atoms with Crippen LogP contribution < -0.4 is 10.6 Å². The number of carbonyl (C=O) groups excluding carboxylic acids is 1. The predicted molar refractivity (Wildman–Crippen MR) is 113 cm³/mol. The number of urea groups is 1. The maximum absolute atomic E-state index is 14.5. The Morgan fingerprint density at radius 2 is 1.85 bits per heavy atom. The van der Waals surface area contributed by atoms with E-state index in [0.29, 0.717) is 6.07 Å². The minimum Gasteiger partial charge on any atom is -0.343 e. The Morgan fingerprint density at radius 1 is 1.12 bits per heavy atom. The van der Waals surface area contributed by atoms with Crippen LogP contribution in [-0.4, -0.2) is 27.2 Å². The topological polar surface area (TPSA) is 92.9 Å². The van der Waals surface area contributed by atoms with Crippen molar-refractivity contribution in [3.05, 3.63) is 76.4 Å². The Hall–Kier alpha value is -3.21. The lowest BCUT2D eigenvalue weighted by Gasteiger charge is -2.35. The molecule has 2 N–H and O–H groups in total. The van der Waals surface area contributed by atoms with Crippen molar-refractivity contribution in [2.75, 3.05) is 0 Å². The minimum absolute atomic E-state index is 0.0655. The first kappa shape index (κ1) is 23.9. The number of carbonyl (C=O) groups is 1. The SMILES string of the molecule is O=C(NC1CCCC1)N[C@@](Cc1ncon1)(c1cc(F)cc(C(F)(F)F)c1)c1ccc(Cl)cn1. The Balaban J connectivity index is 1.87. The molecule has 0 radical (unpaired) electrons. The van der Waals surface area contributed by atoms with Crippen molar-refractivity contribution in [1.82, 2.24) is 25.8 Å². The van der Waals surface area contributed by atoms with Gasteiger partial charge in [0, 0.05) is 18.7 Å². The molecule has 2 aromatic heterocycles. The number of pyridine rings is 1. The van der Waals surface area contributed by atoms with Gasteiger partial charge in [-0.2, -0.15) is 18.2 Å². The van der Waals surface area contributed by atoms with E-state index >= 15 is 0 Å². The average Bonchev–Trinajstić information content (AvgIpc) is 3.47. The number of benzene rings is 1. The standard InChI is InChI=1S/C22H20ClF4N5O2/c23-15-5-6-18(28-11-15)21(10-19-29-12-34-32-19,31-20(33)30-17-3-1-2-4-17)13-7-14(22(25,26)27)9-16(24)8-13/h5-9,11-12,17H,1-4,10H2,(H2,30,31,33)/t21-/m0/s1. The number of alkyl halides is 3. The molecule has 0 saturated heterocycles. The highest BCUT2D eigenvalue weighted by molar-refractivity contribution is 6.30. The van der Waals surface area contributed by atoms with Gasteiger partial charge in [0.1, 0.15) is 11.4 Å². The number of amides is 2. The third kappa shape index (κ3) is 5.30. The molecule has 3 aromatic rings. The van der Waals surface area contributed by atoms with Crippen LogP contribution >= 0.6 is 11.6 Å². The van der Waals surface area contributed by atoms with Gasteiger partial charge in [0.25, 0.3) is 0 Å². The Bertz CT molecular complexity index is 1140. The fraction of sp³-hybridized carbons (Fsp3) is 0.364. The molecule has 12 heteroatoms. The Kier molecular flexibility index (Phi) is 6.74. The van der Waals surface area contributed by atoms with Crippen molar-refractivity contribution in [2.45, 2.75) is 49.9 Å². The third-order valence-corrected chi connectivity index (χ3v) is 5.95. The van der Waals surface area contributed by atoms with Crippen LogP contribution in [0.4, 0.5) is 22.4 Å². The molecule has 2 heterocycles. The van der Waals surface area contributed by atoms with Crippen molar-refractivity contribution in [3.8, 4) is 0 Å². The molecule has 0 bridgehead atoms. The summed E-state index contributed by atoms with van der Waals surface area (Å²) < 4.78 is 60.0. The van der Waals surface area contributed by atoms with Crippen LogP contribution in [0.3, 0.4) is 0 Å². The second kappa shape index (κ2) is 9.57. The summed E-state index contributed by atoms with van der Waals surface area (Å²) in [5.41, 5.74) is -3.07. The number of aromatic nitrogens is 3. The summed E-state index contributed by atoms with van der Waals surface area (Å²) in [4.78, 5) is 21.3. The minimum atomic E-state index is -4.83. The van der Waals surface area contributed by atoms with E-state index in [2.05, 4.69) is 25.8 Å². The van der Waals surface area contributed by atoms with Crippen LogP contribution in [0.1, 0.15) is 48.3 Å². The molecule has 34 heavy (non-hydrogen) atoms. The van der Waals surface area contributed by atoms with E-state index in [-0.39, 0.29) is 34.6 Å². The van der Waals surface area contributed by atoms with E-state index in [0.717, 1.165) is 44.2 Å². The Morgan fingerprint density at radius 3 is 2.47 bits per heavy atom. The van der Waals surface area contributed by atoms with Crippen LogP contribution in [0.2, 0.25) is 5.02 Å². The molecule has 2 amide bonds. The van der Waals surface area contributed by atoms with Crippen LogP contribution in [-0.2, 0) is 18.1 Å². The Labute approximate surface area is 196 Å². The van der Waals surface area contributed by atoms with Crippen LogP contribution in [0.5, 0.6) is 0 Å². The van der Waals surface area contributed by atoms with Crippen molar-refractivity contribution in [3.63, 3.8) is 0 Å². The zero-order valence-corrected chi connectivity index (χ0v) is 18.5. The molecule has 1 fully saturated rings. The fourth-order valence-electron chi connectivity index (χ4n) is 4.14. The van der Waals surface area contributed by atoms with E-state index in [1.807, 2.05) is 0 Å². The summed E-state index contributed by atoms with van der Waals surface area (Å²) in [5.74, 6) is -1.06. The van der Waals surface area contributed by atoms with Gasteiger partial charge in [-0.15, -0.1) is 0 Å². The second-order valence-corrected chi connectivity index (χ2v) is 8.53. The molecule has 4 rings (SSSR count). The largest absolute Gasteiger partial charge is 0.416 e. The lowest BCUT2D eigenvalue weighted by molar-refractivity contribution is -0.137. The molecule has 180 valence electrons. The van der Waals surface area contributed by atoms with Gasteiger partial charge in [-0.1, -0.05) is 29.6 Å². The highest BCUT2D eigenvalue weighted by Crippen LogP contribution is 2.37. The van der Waals surface area contributed by atoms with Crippen molar-refractivity contribution >= 4 is 17.6 Å². The lowest BCUT2D eigenvalue weighted by atomic mass is 9.81. The van der Waals surface area contributed by atoms with Gasteiger partial charge in [0.05, 0.1) is 16.3 Å². The summed E-state index contributed by atoms with van der Waals surface area (Å²) in [6.45, 7) is 0. The average molecular weight is 498 g/mol. The first-order chi connectivity index (χ1) is 16.2. The molecular formula is C22H20ClF4N5O2. The first-order valence-electron chi connectivity index (χ1n) is 10.5. The number of hydrogen-bond acceptors (Lipinski definition) is 5. The predicted octanol–water partition coefficient (Wildman–Crippen LogP) is 5.00. The smallest absolute Gasteiger partial charge is 0.343 e. The van der Waals surface area contributed by atoms with E-state index in [1.54, 1.807) is 0 Å². The maximum atomic E-state index is 14.5. The fourth-order valence-corrected chi connectivity index (χ4v) is 4.25. The molecule has 1 aliphatic carbocycles. The van der Waals surface area contributed by atoms with Gasteiger partial charge in [0.15, 0.2) is 5.82 Å². The van der Waals surface area contributed by atoms with Crippen LogP contribution in [0, 0.1) is 5.82 Å². The maximum Gasteiger partial charge on any atom is 0.416 e. The molecule has 0 spiro atoms. The van der Waals surface area contributed by atoms with Crippen LogP contribution in [0.15, 0.2) is 47.4 Å². The lowest BCUT2D eigenvalue weighted by Crippen LogP contribution is -2.54. The van der Waals surface area contributed by atoms with E-state index in [1.165, 1.54) is 18.3 Å². The molecule has 1 aliphatic rings. The first-order valence-corrected chi connectivity index (χ1v) is 10.9. The number of hydrogen-bond donors (Lipinski definition) is 2. The normalized spacial score (nSPS) is 16.3. The molecule has 0 unspecified atom stereocenters. The molecule has 1 aromatic carbocycles. The highest BCUT2D eigenvalue weighted by Gasteiger charge is 2.42. The monoisotopic (exact) mass is 497 g/mol. The summed E-state index contributed by atoms with van der Waals surface area (Å²) in [6, 6.07) is 4.25.